The van der Waals surface area contributed by atoms with E-state index in [0.29, 0.717) is 5.02 Å². The van der Waals surface area contributed by atoms with Gasteiger partial charge in [-0.3, -0.25) is 0 Å². The van der Waals surface area contributed by atoms with E-state index in [1.165, 1.54) is 0 Å². The Balaban J connectivity index is 1.92. The molecule has 0 aliphatic carbocycles. The fraction of sp³-hybridized carbons (Fsp3) is 0.111. The maximum atomic E-state index is 5.95. The van der Waals surface area contributed by atoms with Crippen LogP contribution in [0.15, 0.2) is 71.1 Å². The average molecular weight is 299 g/mol. The van der Waals surface area contributed by atoms with E-state index in [2.05, 4.69) is 0 Å². The molecule has 0 aliphatic rings. The van der Waals surface area contributed by atoms with Crippen LogP contribution in [0.25, 0.3) is 11.3 Å². The molecule has 0 saturated heterocycles. The maximum Gasteiger partial charge on any atom is 0.140 e. The molecule has 1 unspecified atom stereocenters. The Bertz CT molecular complexity index is 702. The molecule has 0 spiro atoms. The van der Waals surface area contributed by atoms with Gasteiger partial charge in [-0.2, -0.15) is 0 Å². The number of benzene rings is 2. The van der Waals surface area contributed by atoms with Crippen LogP contribution in [0, 0.1) is 0 Å². The van der Waals surface area contributed by atoms with Gasteiger partial charge in [0.15, 0.2) is 0 Å². The molecule has 3 heteroatoms. The Morgan fingerprint density at radius 1 is 0.905 bits per heavy atom. The van der Waals surface area contributed by atoms with Crippen molar-refractivity contribution >= 4 is 11.6 Å². The van der Waals surface area contributed by atoms with Gasteiger partial charge in [0.25, 0.3) is 0 Å². The first-order valence-electron chi connectivity index (χ1n) is 6.71. The van der Waals surface area contributed by atoms with Crippen LogP contribution in [0.2, 0.25) is 5.02 Å². The molecule has 2 nitrogen and oxygen atoms in total. The lowest BCUT2D eigenvalue weighted by atomic mass is 10.1. The van der Waals surface area contributed by atoms with Crippen molar-refractivity contribution in [2.45, 2.75) is 6.10 Å². The number of rotatable bonds is 4. The Kier molecular flexibility index (Phi) is 4.09. The van der Waals surface area contributed by atoms with Crippen LogP contribution >= 0.6 is 11.6 Å². The summed E-state index contributed by atoms with van der Waals surface area (Å²) < 4.78 is 11.5. The number of ether oxygens (including phenoxy) is 1. The van der Waals surface area contributed by atoms with E-state index in [1.54, 1.807) is 7.11 Å². The van der Waals surface area contributed by atoms with Crippen LogP contribution in [0.4, 0.5) is 0 Å². The number of hydrogen-bond acceptors (Lipinski definition) is 2. The third-order valence-corrected chi connectivity index (χ3v) is 3.60. The zero-order valence-electron chi connectivity index (χ0n) is 11.6. The van der Waals surface area contributed by atoms with Crippen molar-refractivity contribution in [1.29, 1.82) is 0 Å². The molecule has 0 bridgehead atoms. The molecule has 0 aliphatic heterocycles. The highest BCUT2D eigenvalue weighted by Gasteiger charge is 2.17. The lowest BCUT2D eigenvalue weighted by Crippen LogP contribution is -2.01. The van der Waals surface area contributed by atoms with Crippen LogP contribution in [-0.4, -0.2) is 7.11 Å². The first kappa shape index (κ1) is 13.9. The van der Waals surface area contributed by atoms with Crippen LogP contribution in [0.3, 0.4) is 0 Å². The molecule has 1 aromatic heterocycles. The highest BCUT2D eigenvalue weighted by atomic mass is 35.5. The van der Waals surface area contributed by atoms with Gasteiger partial charge >= 0.3 is 0 Å². The summed E-state index contributed by atoms with van der Waals surface area (Å²) in [6, 6.07) is 21.5. The minimum atomic E-state index is -0.236. The van der Waals surface area contributed by atoms with Crippen molar-refractivity contribution < 1.29 is 9.15 Å². The lowest BCUT2D eigenvalue weighted by Gasteiger charge is -2.13. The van der Waals surface area contributed by atoms with E-state index >= 15 is 0 Å². The topological polar surface area (TPSA) is 22.4 Å². The van der Waals surface area contributed by atoms with Crippen molar-refractivity contribution in [1.82, 2.24) is 0 Å². The molecular formula is C18H15ClO2. The second kappa shape index (κ2) is 6.17. The van der Waals surface area contributed by atoms with Crippen LogP contribution in [-0.2, 0) is 4.74 Å². The second-order valence-corrected chi connectivity index (χ2v) is 5.17. The predicted molar refractivity (Wildman–Crippen MR) is 84.4 cm³/mol. The van der Waals surface area contributed by atoms with E-state index in [9.17, 15) is 0 Å². The van der Waals surface area contributed by atoms with Crippen LogP contribution in [0.1, 0.15) is 17.4 Å². The van der Waals surface area contributed by atoms with Gasteiger partial charge in [0.2, 0.25) is 0 Å². The van der Waals surface area contributed by atoms with E-state index in [4.69, 9.17) is 20.8 Å². The Labute approximate surface area is 128 Å². The number of halogens is 1. The third-order valence-electron chi connectivity index (χ3n) is 3.35. The zero-order chi connectivity index (χ0) is 14.7. The van der Waals surface area contributed by atoms with Gasteiger partial charge < -0.3 is 9.15 Å². The van der Waals surface area contributed by atoms with Gasteiger partial charge in [0.1, 0.15) is 17.6 Å². The standard InChI is InChI=1S/C18H15ClO2/c1-20-18(14-7-9-15(19)10-8-14)17-12-11-16(21-17)13-5-3-2-4-6-13/h2-12,18H,1H3. The van der Waals surface area contributed by atoms with Gasteiger partial charge in [0, 0.05) is 17.7 Å². The fourth-order valence-electron chi connectivity index (χ4n) is 2.31. The van der Waals surface area contributed by atoms with E-state index in [-0.39, 0.29) is 6.10 Å². The molecule has 1 atom stereocenters. The van der Waals surface area contributed by atoms with Crippen LogP contribution in [0.5, 0.6) is 0 Å². The summed E-state index contributed by atoms with van der Waals surface area (Å²) in [6.45, 7) is 0. The molecular weight excluding hydrogens is 284 g/mol. The Morgan fingerprint density at radius 3 is 2.29 bits per heavy atom. The van der Waals surface area contributed by atoms with Crippen molar-refractivity contribution in [2.24, 2.45) is 0 Å². The van der Waals surface area contributed by atoms with Crippen molar-refractivity contribution in [2.75, 3.05) is 7.11 Å². The summed E-state index contributed by atoms with van der Waals surface area (Å²) in [5.74, 6) is 1.61. The average Bonchev–Trinajstić information content (AvgIpc) is 3.00. The van der Waals surface area contributed by atoms with Gasteiger partial charge in [-0.1, -0.05) is 54.1 Å². The first-order chi connectivity index (χ1) is 10.3. The van der Waals surface area contributed by atoms with Gasteiger partial charge in [-0.15, -0.1) is 0 Å². The summed E-state index contributed by atoms with van der Waals surface area (Å²) in [5, 5.41) is 0.707. The highest BCUT2D eigenvalue weighted by molar-refractivity contribution is 6.30. The Morgan fingerprint density at radius 2 is 1.62 bits per heavy atom. The van der Waals surface area contributed by atoms with Crippen LogP contribution < -0.4 is 0 Å². The molecule has 3 rings (SSSR count). The summed E-state index contributed by atoms with van der Waals surface area (Å²) in [5.41, 5.74) is 2.06. The molecule has 2 aromatic carbocycles. The van der Waals surface area contributed by atoms with E-state index in [1.807, 2.05) is 66.7 Å². The Hall–Kier alpha value is -2.03. The predicted octanol–water partition coefficient (Wildman–Crippen LogP) is 5.34. The summed E-state index contributed by atoms with van der Waals surface area (Å²) in [7, 11) is 1.67. The minimum Gasteiger partial charge on any atom is -0.458 e. The molecule has 1 heterocycles. The molecule has 106 valence electrons. The van der Waals surface area contributed by atoms with Crippen molar-refractivity contribution in [3.8, 4) is 11.3 Å². The molecule has 3 aromatic rings. The summed E-state index contributed by atoms with van der Waals surface area (Å²) in [6.07, 6.45) is -0.236. The number of furan rings is 1. The second-order valence-electron chi connectivity index (χ2n) is 4.74. The van der Waals surface area contributed by atoms with Crippen molar-refractivity contribution in [3.05, 3.63) is 83.1 Å². The highest BCUT2D eigenvalue weighted by Crippen LogP contribution is 2.31. The normalized spacial score (nSPS) is 12.3. The van der Waals surface area contributed by atoms with Gasteiger partial charge in [-0.05, 0) is 29.8 Å². The number of hydrogen-bond donors (Lipinski definition) is 0. The van der Waals surface area contributed by atoms with E-state index < -0.39 is 0 Å². The monoisotopic (exact) mass is 298 g/mol. The largest absolute Gasteiger partial charge is 0.458 e. The smallest absolute Gasteiger partial charge is 0.140 e. The quantitative estimate of drug-likeness (QED) is 0.649. The first-order valence-corrected chi connectivity index (χ1v) is 7.09. The summed E-state index contributed by atoms with van der Waals surface area (Å²) in [4.78, 5) is 0. The SMILES string of the molecule is COC(c1ccc(Cl)cc1)c1ccc(-c2ccccc2)o1. The number of methoxy groups -OCH3 is 1. The molecule has 0 amide bonds. The molecule has 0 fully saturated rings. The maximum absolute atomic E-state index is 5.95. The molecule has 0 saturated carbocycles. The molecule has 0 radical (unpaired) electrons. The van der Waals surface area contributed by atoms with Crippen molar-refractivity contribution in [3.63, 3.8) is 0 Å². The zero-order valence-corrected chi connectivity index (χ0v) is 12.4. The van der Waals surface area contributed by atoms with Gasteiger partial charge in [0.05, 0.1) is 0 Å². The summed E-state index contributed by atoms with van der Waals surface area (Å²) >= 11 is 5.93. The minimum absolute atomic E-state index is 0.236. The van der Waals surface area contributed by atoms with E-state index in [0.717, 1.165) is 22.6 Å². The molecule has 21 heavy (non-hydrogen) atoms. The van der Waals surface area contributed by atoms with Gasteiger partial charge in [-0.25, -0.2) is 0 Å². The third kappa shape index (κ3) is 3.02. The molecule has 0 N–H and O–H groups in total. The lowest BCUT2D eigenvalue weighted by molar-refractivity contribution is 0.117. The fourth-order valence-corrected chi connectivity index (χ4v) is 2.43.